The second-order valence-electron chi connectivity index (χ2n) is 5.58. The van der Waals surface area contributed by atoms with E-state index in [0.29, 0.717) is 16.8 Å². The molecular weight excluding hydrogens is 230 g/mol. The van der Waals surface area contributed by atoms with Crippen LogP contribution in [0.15, 0.2) is 12.3 Å². The molecule has 0 aromatic carbocycles. The van der Waals surface area contributed by atoms with Crippen molar-refractivity contribution in [2.75, 3.05) is 18.0 Å². The molecule has 1 spiro atoms. The third-order valence-corrected chi connectivity index (χ3v) is 4.21. The van der Waals surface area contributed by atoms with Gasteiger partial charge in [-0.1, -0.05) is 0 Å². The number of piperidine rings is 1. The molecule has 0 amide bonds. The molecule has 5 heteroatoms. The fraction of sp³-hybridized carbons (Fsp3) is 0.615. The van der Waals surface area contributed by atoms with Crippen LogP contribution in [0.5, 0.6) is 0 Å². The standard InChI is InChI=1S/C13H17N3O2/c1-10-3-7-14-12(11(10)16(17)18)15-8-2-4-13(9-15)5-6-13/h3,7H,2,4-6,8-9H2,1H3. The molecule has 0 atom stereocenters. The number of aromatic nitrogens is 1. The second-order valence-corrected chi connectivity index (χ2v) is 5.58. The normalized spacial score (nSPS) is 21.1. The lowest BCUT2D eigenvalue weighted by Crippen LogP contribution is -2.37. The van der Waals surface area contributed by atoms with Crippen molar-refractivity contribution in [1.82, 2.24) is 4.98 Å². The number of nitrogens with zero attached hydrogens (tertiary/aromatic N) is 3. The van der Waals surface area contributed by atoms with E-state index in [2.05, 4.69) is 9.88 Å². The maximum Gasteiger partial charge on any atom is 0.314 e. The van der Waals surface area contributed by atoms with E-state index in [-0.39, 0.29) is 10.6 Å². The van der Waals surface area contributed by atoms with Crippen LogP contribution in [0.3, 0.4) is 0 Å². The van der Waals surface area contributed by atoms with E-state index in [9.17, 15) is 10.1 Å². The third-order valence-electron chi connectivity index (χ3n) is 4.21. The SMILES string of the molecule is Cc1ccnc(N2CCCC3(CC3)C2)c1[N+](=O)[O-]. The highest BCUT2D eigenvalue weighted by molar-refractivity contribution is 5.61. The van der Waals surface area contributed by atoms with E-state index >= 15 is 0 Å². The van der Waals surface area contributed by atoms with Gasteiger partial charge in [-0.2, -0.15) is 0 Å². The fourth-order valence-corrected chi connectivity index (χ4v) is 2.97. The Morgan fingerprint density at radius 3 is 2.89 bits per heavy atom. The Hall–Kier alpha value is -1.65. The van der Waals surface area contributed by atoms with Crippen molar-refractivity contribution in [3.8, 4) is 0 Å². The van der Waals surface area contributed by atoms with Crippen LogP contribution in [0.2, 0.25) is 0 Å². The summed E-state index contributed by atoms with van der Waals surface area (Å²) in [4.78, 5) is 17.3. The maximum atomic E-state index is 11.2. The van der Waals surface area contributed by atoms with Gasteiger partial charge in [-0.3, -0.25) is 10.1 Å². The van der Waals surface area contributed by atoms with E-state index in [1.165, 1.54) is 19.3 Å². The summed E-state index contributed by atoms with van der Waals surface area (Å²) in [6, 6.07) is 1.71. The molecule has 0 bridgehead atoms. The summed E-state index contributed by atoms with van der Waals surface area (Å²) in [5, 5.41) is 11.2. The van der Waals surface area contributed by atoms with Gasteiger partial charge in [-0.15, -0.1) is 0 Å². The van der Waals surface area contributed by atoms with Gasteiger partial charge < -0.3 is 4.90 Å². The van der Waals surface area contributed by atoms with Crippen LogP contribution in [0.25, 0.3) is 0 Å². The van der Waals surface area contributed by atoms with Gasteiger partial charge in [0, 0.05) is 24.8 Å². The van der Waals surface area contributed by atoms with Crippen LogP contribution >= 0.6 is 0 Å². The molecule has 18 heavy (non-hydrogen) atoms. The van der Waals surface area contributed by atoms with Crippen molar-refractivity contribution in [3.63, 3.8) is 0 Å². The first kappa shape index (κ1) is 11.4. The zero-order chi connectivity index (χ0) is 12.8. The molecule has 1 aliphatic carbocycles. The molecule has 1 aromatic rings. The quantitative estimate of drug-likeness (QED) is 0.595. The predicted octanol–water partition coefficient (Wildman–Crippen LogP) is 2.68. The van der Waals surface area contributed by atoms with Crippen molar-refractivity contribution in [2.24, 2.45) is 5.41 Å². The molecular formula is C13H17N3O2. The van der Waals surface area contributed by atoms with Crippen LogP contribution in [0, 0.1) is 22.5 Å². The Balaban J connectivity index is 1.96. The number of aryl methyl sites for hydroxylation is 1. The predicted molar refractivity (Wildman–Crippen MR) is 68.7 cm³/mol. The lowest BCUT2D eigenvalue weighted by Gasteiger charge is -2.33. The monoisotopic (exact) mass is 247 g/mol. The van der Waals surface area contributed by atoms with Crippen LogP contribution < -0.4 is 4.90 Å². The molecule has 0 unspecified atom stereocenters. The lowest BCUT2D eigenvalue weighted by atomic mass is 9.95. The minimum atomic E-state index is -0.300. The molecule has 1 saturated heterocycles. The highest BCUT2D eigenvalue weighted by Crippen LogP contribution is 2.53. The van der Waals surface area contributed by atoms with Crippen molar-refractivity contribution in [2.45, 2.75) is 32.6 Å². The van der Waals surface area contributed by atoms with Gasteiger partial charge in [-0.25, -0.2) is 4.98 Å². The van der Waals surface area contributed by atoms with Crippen molar-refractivity contribution in [3.05, 3.63) is 27.9 Å². The minimum absolute atomic E-state index is 0.176. The maximum absolute atomic E-state index is 11.2. The van der Waals surface area contributed by atoms with Crippen LogP contribution in [-0.2, 0) is 0 Å². The summed E-state index contributed by atoms with van der Waals surface area (Å²) in [6.45, 7) is 3.60. The van der Waals surface area contributed by atoms with Gasteiger partial charge in [0.15, 0.2) is 0 Å². The van der Waals surface area contributed by atoms with Crippen LogP contribution in [0.4, 0.5) is 11.5 Å². The summed E-state index contributed by atoms with van der Waals surface area (Å²) in [5.74, 6) is 0.561. The summed E-state index contributed by atoms with van der Waals surface area (Å²) in [7, 11) is 0. The molecule has 0 radical (unpaired) electrons. The molecule has 96 valence electrons. The third kappa shape index (κ3) is 1.83. The van der Waals surface area contributed by atoms with Gasteiger partial charge in [0.05, 0.1) is 4.92 Å². The van der Waals surface area contributed by atoms with E-state index < -0.39 is 0 Å². The van der Waals surface area contributed by atoms with E-state index in [1.807, 2.05) is 0 Å². The zero-order valence-corrected chi connectivity index (χ0v) is 10.6. The Morgan fingerprint density at radius 2 is 2.22 bits per heavy atom. The van der Waals surface area contributed by atoms with Crippen molar-refractivity contribution >= 4 is 11.5 Å². The number of nitro groups is 1. The zero-order valence-electron chi connectivity index (χ0n) is 10.6. The van der Waals surface area contributed by atoms with E-state index in [4.69, 9.17) is 0 Å². The summed E-state index contributed by atoms with van der Waals surface area (Å²) in [6.07, 6.45) is 6.59. The average Bonchev–Trinajstić information content (AvgIpc) is 3.07. The molecule has 1 aromatic heterocycles. The second kappa shape index (κ2) is 3.93. The molecule has 0 N–H and O–H groups in total. The number of pyridine rings is 1. The molecule has 5 nitrogen and oxygen atoms in total. The van der Waals surface area contributed by atoms with Gasteiger partial charge in [0.2, 0.25) is 5.82 Å². The topological polar surface area (TPSA) is 59.3 Å². The van der Waals surface area contributed by atoms with Crippen molar-refractivity contribution < 1.29 is 4.92 Å². The molecule has 2 fully saturated rings. The number of rotatable bonds is 2. The summed E-state index contributed by atoms with van der Waals surface area (Å²) >= 11 is 0. The van der Waals surface area contributed by atoms with Crippen molar-refractivity contribution in [1.29, 1.82) is 0 Å². The van der Waals surface area contributed by atoms with Crippen LogP contribution in [-0.4, -0.2) is 23.0 Å². The number of hydrogen-bond donors (Lipinski definition) is 0. The highest BCUT2D eigenvalue weighted by atomic mass is 16.6. The molecule has 2 heterocycles. The number of anilines is 1. The fourth-order valence-electron chi connectivity index (χ4n) is 2.97. The first-order valence-electron chi connectivity index (χ1n) is 6.46. The molecule has 1 saturated carbocycles. The average molecular weight is 247 g/mol. The minimum Gasteiger partial charge on any atom is -0.350 e. The molecule has 3 rings (SSSR count). The van der Waals surface area contributed by atoms with Crippen LogP contribution in [0.1, 0.15) is 31.2 Å². The Bertz CT molecular complexity index is 497. The van der Waals surface area contributed by atoms with Gasteiger partial charge in [0.1, 0.15) is 0 Å². The summed E-state index contributed by atoms with van der Waals surface area (Å²) in [5.41, 5.74) is 1.31. The largest absolute Gasteiger partial charge is 0.350 e. The van der Waals surface area contributed by atoms with E-state index in [1.54, 1.807) is 19.2 Å². The Kier molecular flexibility index (Phi) is 2.50. The molecule has 1 aliphatic heterocycles. The Morgan fingerprint density at radius 1 is 1.44 bits per heavy atom. The van der Waals surface area contributed by atoms with Gasteiger partial charge in [-0.05, 0) is 44.1 Å². The van der Waals surface area contributed by atoms with Gasteiger partial charge in [0.25, 0.3) is 0 Å². The van der Waals surface area contributed by atoms with E-state index in [0.717, 1.165) is 19.5 Å². The molecule has 2 aliphatic rings. The first-order chi connectivity index (χ1) is 8.61. The lowest BCUT2D eigenvalue weighted by molar-refractivity contribution is -0.384. The Labute approximate surface area is 106 Å². The highest BCUT2D eigenvalue weighted by Gasteiger charge is 2.46. The van der Waals surface area contributed by atoms with Gasteiger partial charge >= 0.3 is 5.69 Å². The first-order valence-corrected chi connectivity index (χ1v) is 6.46. The number of hydrogen-bond acceptors (Lipinski definition) is 4. The smallest absolute Gasteiger partial charge is 0.314 e. The summed E-state index contributed by atoms with van der Waals surface area (Å²) < 4.78 is 0.